The Hall–Kier alpha value is -4.76. The SMILES string of the molecule is CCOC(=O)c1ccc(N2C(=O)C3Sc4c(sc(=O)n4CC(=O)Nc4cccc(C(F)(F)F)c4)[C@H](c4cccnc4)C3C2=O)cc1. The number of nitrogens with one attached hydrogen (secondary N) is 1. The molecule has 4 aromatic rings. The van der Waals surface area contributed by atoms with Crippen molar-refractivity contribution < 1.29 is 37.1 Å². The fourth-order valence-corrected chi connectivity index (χ4v) is 8.28. The van der Waals surface area contributed by atoms with Gasteiger partial charge in [0.15, 0.2) is 0 Å². The van der Waals surface area contributed by atoms with Gasteiger partial charge in [0.25, 0.3) is 0 Å². The predicted octanol–water partition coefficient (Wildman–Crippen LogP) is 4.93. The normalized spacial score (nSPS) is 19.0. The van der Waals surface area contributed by atoms with Crippen LogP contribution in [-0.2, 0) is 31.8 Å². The molecule has 0 aliphatic carbocycles. The molecule has 6 rings (SSSR count). The average molecular weight is 669 g/mol. The van der Waals surface area contributed by atoms with Gasteiger partial charge < -0.3 is 10.1 Å². The van der Waals surface area contributed by atoms with Crippen LogP contribution in [0.3, 0.4) is 0 Å². The van der Waals surface area contributed by atoms with Crippen LogP contribution < -0.4 is 15.1 Å². The van der Waals surface area contributed by atoms with E-state index in [-0.39, 0.29) is 23.5 Å². The summed E-state index contributed by atoms with van der Waals surface area (Å²) in [5.74, 6) is -4.00. The highest BCUT2D eigenvalue weighted by molar-refractivity contribution is 8.00. The summed E-state index contributed by atoms with van der Waals surface area (Å²) in [4.78, 5) is 71.4. The molecule has 0 radical (unpaired) electrons. The largest absolute Gasteiger partial charge is 0.462 e. The van der Waals surface area contributed by atoms with Gasteiger partial charge in [0.05, 0.1) is 34.4 Å². The summed E-state index contributed by atoms with van der Waals surface area (Å²) in [6.45, 7) is 1.32. The molecule has 0 saturated carbocycles. The molecule has 2 aromatic heterocycles. The van der Waals surface area contributed by atoms with Gasteiger partial charge in [-0.3, -0.25) is 28.7 Å². The molecule has 1 N–H and O–H groups in total. The maximum atomic E-state index is 14.0. The molecule has 2 aliphatic rings. The highest BCUT2D eigenvalue weighted by Crippen LogP contribution is 2.53. The van der Waals surface area contributed by atoms with E-state index in [2.05, 4.69) is 10.3 Å². The fourth-order valence-electron chi connectivity index (χ4n) is 5.51. The molecule has 3 atom stereocenters. The Morgan fingerprint density at radius 3 is 2.46 bits per heavy atom. The number of thioether (sulfide) groups is 1. The van der Waals surface area contributed by atoms with Gasteiger partial charge in [-0.05, 0) is 61.0 Å². The number of carbonyl (C=O) groups excluding carboxylic acids is 4. The fraction of sp³-hybridized carbons (Fsp3) is 0.226. The van der Waals surface area contributed by atoms with E-state index in [1.807, 2.05) is 0 Å². The Labute approximate surface area is 267 Å². The minimum Gasteiger partial charge on any atom is -0.462 e. The second-order valence-corrected chi connectivity index (χ2v) is 12.5. The third-order valence-corrected chi connectivity index (χ3v) is 10.1. The van der Waals surface area contributed by atoms with Gasteiger partial charge in [0, 0.05) is 28.9 Å². The molecule has 2 unspecified atom stereocenters. The highest BCUT2D eigenvalue weighted by atomic mass is 32.2. The average Bonchev–Trinajstić information content (AvgIpc) is 3.47. The van der Waals surface area contributed by atoms with E-state index >= 15 is 0 Å². The number of esters is 1. The van der Waals surface area contributed by atoms with Crippen molar-refractivity contribution in [2.45, 2.75) is 35.8 Å². The molecular formula is C31H23F3N4O6S2. The third kappa shape index (κ3) is 5.71. The van der Waals surface area contributed by atoms with Gasteiger partial charge in [-0.1, -0.05) is 35.2 Å². The lowest BCUT2D eigenvalue weighted by Crippen LogP contribution is -2.33. The second kappa shape index (κ2) is 12.2. The predicted molar refractivity (Wildman–Crippen MR) is 163 cm³/mol. The maximum absolute atomic E-state index is 14.0. The molecule has 2 aromatic carbocycles. The lowest BCUT2D eigenvalue weighted by Gasteiger charge is -2.30. The van der Waals surface area contributed by atoms with Crippen LogP contribution in [0.5, 0.6) is 0 Å². The number of anilines is 2. The molecule has 15 heteroatoms. The van der Waals surface area contributed by atoms with Crippen molar-refractivity contribution in [3.05, 3.63) is 104 Å². The molecule has 1 saturated heterocycles. The number of halogens is 3. The van der Waals surface area contributed by atoms with Crippen molar-refractivity contribution in [2.75, 3.05) is 16.8 Å². The topological polar surface area (TPSA) is 128 Å². The Morgan fingerprint density at radius 1 is 1.02 bits per heavy atom. The van der Waals surface area contributed by atoms with E-state index in [0.29, 0.717) is 15.5 Å². The van der Waals surface area contributed by atoms with E-state index in [4.69, 9.17) is 4.74 Å². The van der Waals surface area contributed by atoms with Crippen LogP contribution in [0.25, 0.3) is 0 Å². The summed E-state index contributed by atoms with van der Waals surface area (Å²) in [6.07, 6.45) is -1.52. The highest BCUT2D eigenvalue weighted by Gasteiger charge is 2.57. The smallest absolute Gasteiger partial charge is 0.416 e. The third-order valence-electron chi connectivity index (χ3n) is 7.50. The van der Waals surface area contributed by atoms with Gasteiger partial charge in [-0.25, -0.2) is 9.69 Å². The Kier molecular flexibility index (Phi) is 8.29. The standard InChI is InChI=1S/C31H23F3N4O6S2/c1-2-44-29(42)16-8-10-20(11-9-16)38-26(40)23-22(17-5-4-12-35-14-17)25-28(45-24(23)27(38)41)37(30(43)46-25)15-21(39)36-19-7-3-6-18(13-19)31(32,33)34/h3-14,22-24H,2,15H2,1H3,(H,36,39)/t22-,23?,24?/m1/s1. The van der Waals surface area contributed by atoms with Crippen molar-refractivity contribution in [1.82, 2.24) is 9.55 Å². The molecular weight excluding hydrogens is 645 g/mol. The van der Waals surface area contributed by atoms with Gasteiger partial charge in [-0.15, -0.1) is 0 Å². The van der Waals surface area contributed by atoms with Crippen molar-refractivity contribution in [1.29, 1.82) is 0 Å². The summed E-state index contributed by atoms with van der Waals surface area (Å²) in [5.41, 5.74) is 0.0462. The van der Waals surface area contributed by atoms with Crippen LogP contribution in [0, 0.1) is 5.92 Å². The molecule has 46 heavy (non-hydrogen) atoms. The van der Waals surface area contributed by atoms with Crippen LogP contribution >= 0.6 is 23.1 Å². The summed E-state index contributed by atoms with van der Waals surface area (Å²) >= 11 is 1.82. The monoisotopic (exact) mass is 668 g/mol. The number of carbonyl (C=O) groups is 4. The van der Waals surface area contributed by atoms with Gasteiger partial charge in [0.2, 0.25) is 17.7 Å². The number of fused-ring (bicyclic) bond motifs is 2. The number of pyridine rings is 1. The van der Waals surface area contributed by atoms with Crippen LogP contribution in [-0.4, -0.2) is 45.1 Å². The number of benzene rings is 2. The van der Waals surface area contributed by atoms with Crippen molar-refractivity contribution in [3.8, 4) is 0 Å². The second-order valence-electron chi connectivity index (χ2n) is 10.4. The van der Waals surface area contributed by atoms with E-state index in [0.717, 1.165) is 46.2 Å². The zero-order valence-electron chi connectivity index (χ0n) is 23.8. The van der Waals surface area contributed by atoms with Crippen molar-refractivity contribution >= 4 is 58.2 Å². The molecule has 3 amide bonds. The molecule has 0 spiro atoms. The first-order valence-corrected chi connectivity index (χ1v) is 15.6. The molecule has 0 bridgehead atoms. The minimum absolute atomic E-state index is 0.0980. The summed E-state index contributed by atoms with van der Waals surface area (Å²) < 4.78 is 45.7. The minimum atomic E-state index is -4.61. The van der Waals surface area contributed by atoms with Gasteiger partial charge in [0.1, 0.15) is 11.8 Å². The number of imide groups is 1. The van der Waals surface area contributed by atoms with Crippen LogP contribution in [0.2, 0.25) is 0 Å². The zero-order valence-corrected chi connectivity index (χ0v) is 25.4. The first-order valence-electron chi connectivity index (χ1n) is 13.9. The molecule has 4 heterocycles. The number of alkyl halides is 3. The van der Waals surface area contributed by atoms with Crippen molar-refractivity contribution in [3.63, 3.8) is 0 Å². The van der Waals surface area contributed by atoms with E-state index in [1.165, 1.54) is 34.9 Å². The number of nitrogens with zero attached hydrogens (tertiary/aromatic N) is 3. The number of hydrogen-bond acceptors (Lipinski definition) is 9. The first-order chi connectivity index (χ1) is 22.0. The number of rotatable bonds is 7. The molecule has 236 valence electrons. The lowest BCUT2D eigenvalue weighted by atomic mass is 9.84. The Bertz CT molecular complexity index is 1910. The van der Waals surface area contributed by atoms with Gasteiger partial charge >= 0.3 is 17.0 Å². The lowest BCUT2D eigenvalue weighted by molar-refractivity contribution is -0.137. The van der Waals surface area contributed by atoms with E-state index < -0.39 is 63.9 Å². The summed E-state index contributed by atoms with van der Waals surface area (Å²) in [6, 6.07) is 13.4. The molecule has 2 aliphatic heterocycles. The quantitative estimate of drug-likeness (QED) is 0.217. The number of ether oxygens (including phenoxy) is 1. The zero-order chi connectivity index (χ0) is 32.7. The molecule has 10 nitrogen and oxygen atoms in total. The van der Waals surface area contributed by atoms with Crippen LogP contribution in [0.1, 0.15) is 39.2 Å². The number of thiazole rings is 1. The maximum Gasteiger partial charge on any atom is 0.416 e. The van der Waals surface area contributed by atoms with Crippen molar-refractivity contribution in [2.24, 2.45) is 5.92 Å². The van der Waals surface area contributed by atoms with Crippen LogP contribution in [0.4, 0.5) is 24.5 Å². The van der Waals surface area contributed by atoms with E-state index in [1.54, 1.807) is 31.5 Å². The summed E-state index contributed by atoms with van der Waals surface area (Å²) in [5, 5.41) is 1.74. The van der Waals surface area contributed by atoms with Gasteiger partial charge in [-0.2, -0.15) is 13.2 Å². The number of aromatic nitrogens is 2. The number of amides is 3. The van der Waals surface area contributed by atoms with E-state index in [9.17, 15) is 37.1 Å². The Morgan fingerprint density at radius 2 is 1.78 bits per heavy atom. The Balaban J connectivity index is 1.34. The summed E-state index contributed by atoms with van der Waals surface area (Å²) in [7, 11) is 0. The van der Waals surface area contributed by atoms with Crippen LogP contribution in [0.15, 0.2) is 82.9 Å². The molecule has 1 fully saturated rings. The number of hydrogen-bond donors (Lipinski definition) is 1. The first kappa shape index (κ1) is 31.2.